The maximum atomic E-state index is 8.84. The predicted molar refractivity (Wildman–Crippen MR) is 151 cm³/mol. The summed E-state index contributed by atoms with van der Waals surface area (Å²) in [6, 6.07) is 17.1. The van der Waals surface area contributed by atoms with Crippen LogP contribution in [0.5, 0.6) is 0 Å². The van der Waals surface area contributed by atoms with Crippen LogP contribution in [0.4, 0.5) is 5.82 Å². The van der Waals surface area contributed by atoms with Crippen molar-refractivity contribution < 1.29 is 4.74 Å². The molecule has 0 saturated heterocycles. The van der Waals surface area contributed by atoms with Crippen molar-refractivity contribution in [1.82, 2.24) is 9.97 Å². The second-order valence-corrected chi connectivity index (χ2v) is 17.0. The number of aromatic nitrogens is 2. The predicted octanol–water partition coefficient (Wildman–Crippen LogP) is 7.25. The van der Waals surface area contributed by atoms with Gasteiger partial charge in [0.2, 0.25) is 0 Å². The number of nitrogens with one attached hydrogen (secondary N) is 2. The fraction of sp³-hybridized carbons (Fsp3) is 0.407. The summed E-state index contributed by atoms with van der Waals surface area (Å²) in [6.07, 6.45) is 6.32. The quantitative estimate of drug-likeness (QED) is 0.111. The molecule has 2 N–H and O–H groups in total. The van der Waals surface area contributed by atoms with Gasteiger partial charge < -0.3 is 4.74 Å². The molecule has 0 spiro atoms. The molecule has 0 radical (unpaired) electrons. The number of benzene rings is 1. The van der Waals surface area contributed by atoms with Crippen molar-refractivity contribution in [3.63, 3.8) is 0 Å². The summed E-state index contributed by atoms with van der Waals surface area (Å²) in [5.74, 6) is 0.923. The highest BCUT2D eigenvalue weighted by Crippen LogP contribution is 2.31. The van der Waals surface area contributed by atoms with Gasteiger partial charge in [0.15, 0.2) is 5.17 Å². The maximum absolute atomic E-state index is 8.84. The fourth-order valence-electron chi connectivity index (χ4n) is 4.13. The Morgan fingerprint density at radius 2 is 1.77 bits per heavy atom. The van der Waals surface area contributed by atoms with Crippen LogP contribution in [-0.4, -0.2) is 41.6 Å². The zero-order valence-electron chi connectivity index (χ0n) is 20.9. The van der Waals surface area contributed by atoms with Crippen LogP contribution in [-0.2, 0) is 4.74 Å². The molecule has 8 heteroatoms. The van der Waals surface area contributed by atoms with E-state index in [0.717, 1.165) is 41.0 Å². The topological polar surface area (TPSA) is 86.0 Å². The lowest BCUT2D eigenvalue weighted by atomic mass is 10.1. The maximum Gasteiger partial charge on any atom is 0.170 e. The minimum Gasteiger partial charge on any atom is -0.361 e. The van der Waals surface area contributed by atoms with Gasteiger partial charge in [-0.25, -0.2) is 4.98 Å². The number of hydrogen-bond acceptors (Lipinski definition) is 6. The van der Waals surface area contributed by atoms with E-state index >= 15 is 0 Å². The van der Waals surface area contributed by atoms with Crippen molar-refractivity contribution >= 4 is 46.9 Å². The number of amidine groups is 1. The van der Waals surface area contributed by atoms with Crippen molar-refractivity contribution in [2.45, 2.75) is 51.4 Å². The third-order valence-corrected chi connectivity index (χ3v) is 8.97. The molecule has 1 saturated carbocycles. The Balaban J connectivity index is 1.58. The first kappa shape index (κ1) is 25.5. The van der Waals surface area contributed by atoms with Crippen LogP contribution in [0.2, 0.25) is 25.7 Å². The van der Waals surface area contributed by atoms with Gasteiger partial charge in [-0.15, -0.1) is 0 Å². The van der Waals surface area contributed by atoms with E-state index in [2.05, 4.69) is 36.8 Å². The fourth-order valence-corrected chi connectivity index (χ4v) is 5.75. The molecule has 1 fully saturated rings. The van der Waals surface area contributed by atoms with Crippen LogP contribution in [0.1, 0.15) is 25.7 Å². The van der Waals surface area contributed by atoms with E-state index in [0.29, 0.717) is 17.5 Å². The minimum atomic E-state index is -1.21. The highest BCUT2D eigenvalue weighted by Gasteiger charge is 2.24. The average molecular weight is 506 g/mol. The van der Waals surface area contributed by atoms with Gasteiger partial charge >= 0.3 is 0 Å². The molecule has 1 aliphatic rings. The number of pyridine rings is 2. The molecule has 0 atom stereocenters. The normalized spacial score (nSPS) is 14.4. The van der Waals surface area contributed by atoms with Crippen molar-refractivity contribution in [2.75, 3.05) is 18.2 Å². The van der Waals surface area contributed by atoms with E-state index in [1.54, 1.807) is 4.90 Å². The minimum absolute atomic E-state index is 0.249. The van der Waals surface area contributed by atoms with E-state index in [1.807, 2.05) is 42.6 Å². The van der Waals surface area contributed by atoms with Gasteiger partial charge in [0.1, 0.15) is 12.5 Å². The summed E-state index contributed by atoms with van der Waals surface area (Å²) in [5, 5.41) is 18.3. The third kappa shape index (κ3) is 6.99. The van der Waals surface area contributed by atoms with Crippen LogP contribution in [0.25, 0.3) is 22.2 Å². The smallest absolute Gasteiger partial charge is 0.170 e. The summed E-state index contributed by atoms with van der Waals surface area (Å²) in [7, 11) is -1.21. The van der Waals surface area contributed by atoms with Crippen LogP contribution < -0.4 is 4.90 Å². The molecule has 35 heavy (non-hydrogen) atoms. The molecule has 184 valence electrons. The first-order chi connectivity index (χ1) is 16.8. The molecule has 4 rings (SSSR count). The van der Waals surface area contributed by atoms with Crippen molar-refractivity contribution in [3.8, 4) is 11.1 Å². The molecule has 0 unspecified atom stereocenters. The lowest BCUT2D eigenvalue weighted by Crippen LogP contribution is -2.33. The number of rotatable bonds is 8. The molecule has 0 aliphatic heterocycles. The van der Waals surface area contributed by atoms with Crippen molar-refractivity contribution in [1.29, 1.82) is 10.8 Å². The first-order valence-corrected chi connectivity index (χ1v) is 16.8. The molecule has 3 aromatic rings. The number of nitrogens with zero attached hydrogens (tertiary/aromatic N) is 3. The summed E-state index contributed by atoms with van der Waals surface area (Å²) < 4.78 is 6.04. The number of hydrogen-bond donors (Lipinski definition) is 2. The number of ether oxygens (including phenoxy) is 1. The molecule has 1 aromatic carbocycles. The Hall–Kier alpha value is -2.55. The van der Waals surface area contributed by atoms with Gasteiger partial charge in [-0.2, -0.15) is 0 Å². The van der Waals surface area contributed by atoms with Crippen molar-refractivity contribution in [3.05, 3.63) is 54.7 Å². The highest BCUT2D eigenvalue weighted by molar-refractivity contribution is 8.26. The molecule has 2 heterocycles. The van der Waals surface area contributed by atoms with Gasteiger partial charge in [0, 0.05) is 32.4 Å². The Kier molecular flexibility index (Phi) is 8.36. The second-order valence-electron chi connectivity index (χ2n) is 10.3. The van der Waals surface area contributed by atoms with Crippen LogP contribution in [0.3, 0.4) is 0 Å². The standard InChI is InChI=1S/C27H35N5OSSi/c1-35(2,3)16-15-33-19-32(27(29)34-26(28)21-11-7-8-12-21)25-14-13-23-24(31-25)17-22(18-30-23)20-9-5-4-6-10-20/h4-6,9-10,13-14,17-18,21,28-29H,7-8,11-12,15-16,19H2,1-3H3. The average Bonchev–Trinajstić information content (AvgIpc) is 3.38. The molecule has 2 aromatic heterocycles. The Morgan fingerprint density at radius 1 is 1.03 bits per heavy atom. The van der Waals surface area contributed by atoms with Gasteiger partial charge in [0.05, 0.1) is 16.1 Å². The number of fused-ring (bicyclic) bond motifs is 1. The van der Waals surface area contributed by atoms with E-state index in [4.69, 9.17) is 20.5 Å². The molecule has 1 aliphatic carbocycles. The summed E-state index contributed by atoms with van der Waals surface area (Å²) in [5.41, 5.74) is 3.69. The molecule has 0 amide bonds. The Morgan fingerprint density at radius 3 is 2.49 bits per heavy atom. The largest absolute Gasteiger partial charge is 0.361 e. The molecule has 6 nitrogen and oxygen atoms in total. The number of anilines is 1. The van der Waals surface area contributed by atoms with Crippen LogP contribution in [0.15, 0.2) is 54.7 Å². The molecular weight excluding hydrogens is 470 g/mol. The second kappa shape index (κ2) is 11.5. The summed E-state index contributed by atoms with van der Waals surface area (Å²) in [6.45, 7) is 7.90. The highest BCUT2D eigenvalue weighted by atomic mass is 32.2. The van der Waals surface area contributed by atoms with Crippen molar-refractivity contribution in [2.24, 2.45) is 5.92 Å². The van der Waals surface area contributed by atoms with Gasteiger partial charge in [-0.1, -0.05) is 62.8 Å². The van der Waals surface area contributed by atoms with E-state index < -0.39 is 8.07 Å². The van der Waals surface area contributed by atoms with Crippen LogP contribution in [0, 0.1) is 16.7 Å². The van der Waals surface area contributed by atoms with Gasteiger partial charge in [-0.05, 0) is 54.4 Å². The molecular formula is C27H35N5OSSi. The lowest BCUT2D eigenvalue weighted by Gasteiger charge is -2.25. The van der Waals surface area contributed by atoms with E-state index in [1.165, 1.54) is 24.6 Å². The van der Waals surface area contributed by atoms with Gasteiger partial charge in [0.25, 0.3) is 0 Å². The Labute approximate surface area is 213 Å². The van der Waals surface area contributed by atoms with E-state index in [9.17, 15) is 0 Å². The molecule has 0 bridgehead atoms. The first-order valence-electron chi connectivity index (χ1n) is 12.3. The zero-order valence-corrected chi connectivity index (χ0v) is 22.7. The summed E-state index contributed by atoms with van der Waals surface area (Å²) in [4.78, 5) is 11.3. The summed E-state index contributed by atoms with van der Waals surface area (Å²) >= 11 is 1.23. The van der Waals surface area contributed by atoms with E-state index in [-0.39, 0.29) is 17.8 Å². The van der Waals surface area contributed by atoms with Gasteiger partial charge in [-0.3, -0.25) is 20.7 Å². The lowest BCUT2D eigenvalue weighted by molar-refractivity contribution is 0.155. The SMILES string of the molecule is C[Si](C)(C)CCOCN(C(=N)SC(=N)C1CCCC1)c1ccc2ncc(-c3ccccc3)cc2n1. The van der Waals surface area contributed by atoms with Crippen LogP contribution >= 0.6 is 11.8 Å². The third-order valence-electron chi connectivity index (χ3n) is 6.30. The monoisotopic (exact) mass is 505 g/mol. The zero-order chi connectivity index (χ0) is 24.8. The Bertz CT molecular complexity index is 1180. The number of thioether (sulfide) groups is 1.